The summed E-state index contributed by atoms with van der Waals surface area (Å²) in [5, 5.41) is 3.54. The lowest BCUT2D eigenvalue weighted by molar-refractivity contribution is 0.112. The molecule has 2 nitrogen and oxygen atoms in total. The monoisotopic (exact) mass is 354 g/mol. The minimum absolute atomic E-state index is 0.0876. The van der Waals surface area contributed by atoms with Crippen LogP contribution in [0.2, 0.25) is 0 Å². The molecule has 4 heteroatoms. The highest BCUT2D eigenvalue weighted by Gasteiger charge is 2.41. The van der Waals surface area contributed by atoms with E-state index in [0.29, 0.717) is 18.0 Å². The fourth-order valence-corrected chi connectivity index (χ4v) is 4.61. The van der Waals surface area contributed by atoms with E-state index in [1.807, 2.05) is 6.07 Å². The molecule has 2 aliphatic rings. The molecule has 2 fully saturated rings. The van der Waals surface area contributed by atoms with Crippen molar-refractivity contribution in [1.29, 1.82) is 0 Å². The van der Waals surface area contributed by atoms with E-state index in [9.17, 15) is 4.39 Å². The molecule has 0 aliphatic carbocycles. The first kappa shape index (κ1) is 15.4. The first-order chi connectivity index (χ1) is 10.1. The maximum absolute atomic E-state index is 14.3. The van der Waals surface area contributed by atoms with Crippen molar-refractivity contribution in [1.82, 2.24) is 10.2 Å². The van der Waals surface area contributed by atoms with Gasteiger partial charge in [-0.2, -0.15) is 0 Å². The second-order valence-corrected chi connectivity index (χ2v) is 7.40. The molecule has 3 rings (SSSR count). The standard InChI is InChI=1S/C17H24BrFN2/c1-3-20-17(15-10-12(18)4-7-16(15)19)11-8-13-5-6-14(9-11)21(13)2/h4,7,10-11,13-14,17,20H,3,5-6,8-9H2,1-2H3. The molecule has 0 saturated carbocycles. The SMILES string of the molecule is CCNC(c1cc(Br)ccc1F)C1CC2CCC(C1)N2C. The lowest BCUT2D eigenvalue weighted by Gasteiger charge is -2.40. The fourth-order valence-electron chi connectivity index (χ4n) is 4.23. The number of nitrogens with zero attached hydrogens (tertiary/aromatic N) is 1. The summed E-state index contributed by atoms with van der Waals surface area (Å²) in [7, 11) is 2.25. The van der Waals surface area contributed by atoms with Crippen molar-refractivity contribution in [3.8, 4) is 0 Å². The Morgan fingerprint density at radius 1 is 1.33 bits per heavy atom. The molecule has 2 heterocycles. The van der Waals surface area contributed by atoms with Crippen LogP contribution in [-0.4, -0.2) is 30.6 Å². The summed E-state index contributed by atoms with van der Waals surface area (Å²) in [4.78, 5) is 2.54. The van der Waals surface area contributed by atoms with Crippen LogP contribution in [-0.2, 0) is 0 Å². The van der Waals surface area contributed by atoms with Gasteiger partial charge in [-0.3, -0.25) is 0 Å². The molecule has 2 aliphatic heterocycles. The molecular weight excluding hydrogens is 331 g/mol. The van der Waals surface area contributed by atoms with Gasteiger partial charge >= 0.3 is 0 Å². The van der Waals surface area contributed by atoms with Crippen molar-refractivity contribution >= 4 is 15.9 Å². The molecule has 1 aromatic rings. The average Bonchev–Trinajstić information content (AvgIpc) is 2.69. The molecule has 0 radical (unpaired) electrons. The highest BCUT2D eigenvalue weighted by molar-refractivity contribution is 9.10. The van der Waals surface area contributed by atoms with E-state index in [0.717, 1.165) is 16.6 Å². The predicted molar refractivity (Wildman–Crippen MR) is 87.8 cm³/mol. The number of fused-ring (bicyclic) bond motifs is 2. The molecule has 21 heavy (non-hydrogen) atoms. The Balaban J connectivity index is 1.86. The lowest BCUT2D eigenvalue weighted by atomic mass is 9.82. The zero-order valence-electron chi connectivity index (χ0n) is 12.8. The number of hydrogen-bond donors (Lipinski definition) is 1. The molecule has 0 amide bonds. The van der Waals surface area contributed by atoms with Crippen LogP contribution in [0.15, 0.2) is 22.7 Å². The van der Waals surface area contributed by atoms with Gasteiger partial charge in [-0.1, -0.05) is 22.9 Å². The van der Waals surface area contributed by atoms with Gasteiger partial charge in [0, 0.05) is 28.2 Å². The summed E-state index contributed by atoms with van der Waals surface area (Å²) < 4.78 is 15.3. The topological polar surface area (TPSA) is 15.3 Å². The zero-order chi connectivity index (χ0) is 15.0. The summed E-state index contributed by atoms with van der Waals surface area (Å²) in [6, 6.07) is 6.80. The summed E-state index contributed by atoms with van der Waals surface area (Å²) in [6.45, 7) is 2.98. The molecule has 1 N–H and O–H groups in total. The highest BCUT2D eigenvalue weighted by Crippen LogP contribution is 2.43. The van der Waals surface area contributed by atoms with Gasteiger partial charge in [-0.05, 0) is 63.4 Å². The number of nitrogens with one attached hydrogen (secondary N) is 1. The van der Waals surface area contributed by atoms with Gasteiger partial charge in [0.25, 0.3) is 0 Å². The number of halogens is 2. The second kappa shape index (κ2) is 6.35. The van der Waals surface area contributed by atoms with E-state index in [1.165, 1.54) is 25.7 Å². The zero-order valence-corrected chi connectivity index (χ0v) is 14.4. The van der Waals surface area contributed by atoms with Crippen LogP contribution in [0.5, 0.6) is 0 Å². The molecular formula is C17H24BrFN2. The van der Waals surface area contributed by atoms with Crippen molar-refractivity contribution < 1.29 is 4.39 Å². The van der Waals surface area contributed by atoms with Gasteiger partial charge in [-0.15, -0.1) is 0 Å². The van der Waals surface area contributed by atoms with Crippen LogP contribution >= 0.6 is 15.9 Å². The molecule has 1 aromatic carbocycles. The smallest absolute Gasteiger partial charge is 0.128 e. The summed E-state index contributed by atoms with van der Waals surface area (Å²) in [5.74, 6) is 0.442. The minimum atomic E-state index is -0.0876. The molecule has 2 bridgehead atoms. The molecule has 116 valence electrons. The molecule has 3 unspecified atom stereocenters. The Kier molecular flexibility index (Phi) is 4.67. The first-order valence-electron chi connectivity index (χ1n) is 8.00. The van der Waals surface area contributed by atoms with E-state index >= 15 is 0 Å². The molecule has 0 aromatic heterocycles. The minimum Gasteiger partial charge on any atom is -0.310 e. The normalized spacial score (nSPS) is 30.6. The van der Waals surface area contributed by atoms with Gasteiger partial charge in [0.2, 0.25) is 0 Å². The van der Waals surface area contributed by atoms with Crippen molar-refractivity contribution in [2.75, 3.05) is 13.6 Å². The van der Waals surface area contributed by atoms with Gasteiger partial charge in [0.1, 0.15) is 5.82 Å². The number of piperidine rings is 1. The summed E-state index contributed by atoms with van der Waals surface area (Å²) in [5.41, 5.74) is 0.820. The Morgan fingerprint density at radius 2 is 2.00 bits per heavy atom. The van der Waals surface area contributed by atoms with Crippen molar-refractivity contribution in [2.24, 2.45) is 5.92 Å². The largest absolute Gasteiger partial charge is 0.310 e. The van der Waals surface area contributed by atoms with Crippen LogP contribution < -0.4 is 5.32 Å². The fraction of sp³-hybridized carbons (Fsp3) is 0.647. The van der Waals surface area contributed by atoms with Crippen LogP contribution in [0.25, 0.3) is 0 Å². The highest BCUT2D eigenvalue weighted by atomic mass is 79.9. The van der Waals surface area contributed by atoms with Crippen molar-refractivity contribution in [3.63, 3.8) is 0 Å². The van der Waals surface area contributed by atoms with Crippen LogP contribution in [0, 0.1) is 11.7 Å². The van der Waals surface area contributed by atoms with E-state index in [2.05, 4.69) is 40.1 Å². The first-order valence-corrected chi connectivity index (χ1v) is 8.79. The lowest BCUT2D eigenvalue weighted by Crippen LogP contribution is -2.44. The van der Waals surface area contributed by atoms with Gasteiger partial charge < -0.3 is 10.2 Å². The van der Waals surface area contributed by atoms with E-state index in [-0.39, 0.29) is 11.9 Å². The van der Waals surface area contributed by atoms with Gasteiger partial charge in [0.05, 0.1) is 0 Å². The third kappa shape index (κ3) is 3.03. The second-order valence-electron chi connectivity index (χ2n) is 6.48. The predicted octanol–water partition coefficient (Wildman–Crippen LogP) is 4.11. The Hall–Kier alpha value is -0.450. The Bertz CT molecular complexity index is 494. The molecule has 3 atom stereocenters. The van der Waals surface area contributed by atoms with Crippen LogP contribution in [0.4, 0.5) is 4.39 Å². The van der Waals surface area contributed by atoms with E-state index in [4.69, 9.17) is 0 Å². The van der Waals surface area contributed by atoms with Crippen LogP contribution in [0.1, 0.15) is 44.2 Å². The summed E-state index contributed by atoms with van der Waals surface area (Å²) in [6.07, 6.45) is 4.96. The number of hydrogen-bond acceptors (Lipinski definition) is 2. The van der Waals surface area contributed by atoms with Crippen LogP contribution in [0.3, 0.4) is 0 Å². The number of rotatable bonds is 4. The third-order valence-corrected chi connectivity index (χ3v) is 5.82. The summed E-state index contributed by atoms with van der Waals surface area (Å²) >= 11 is 3.48. The van der Waals surface area contributed by atoms with E-state index < -0.39 is 0 Å². The van der Waals surface area contributed by atoms with Gasteiger partial charge in [0.15, 0.2) is 0 Å². The molecule has 2 saturated heterocycles. The quantitative estimate of drug-likeness (QED) is 0.874. The van der Waals surface area contributed by atoms with E-state index in [1.54, 1.807) is 12.1 Å². The number of benzene rings is 1. The maximum Gasteiger partial charge on any atom is 0.128 e. The maximum atomic E-state index is 14.3. The molecule has 0 spiro atoms. The van der Waals surface area contributed by atoms with Gasteiger partial charge in [-0.25, -0.2) is 4.39 Å². The Morgan fingerprint density at radius 3 is 2.62 bits per heavy atom. The average molecular weight is 355 g/mol. The third-order valence-electron chi connectivity index (χ3n) is 5.32. The Labute approximate surface area is 135 Å². The van der Waals surface area contributed by atoms with Crippen molar-refractivity contribution in [3.05, 3.63) is 34.1 Å². The van der Waals surface area contributed by atoms with Crippen molar-refractivity contribution in [2.45, 2.75) is 50.7 Å².